The first-order chi connectivity index (χ1) is 9.29. The van der Waals surface area contributed by atoms with Crippen LogP contribution in [0, 0.1) is 17.5 Å². The van der Waals surface area contributed by atoms with Crippen molar-refractivity contribution in [2.24, 2.45) is 0 Å². The van der Waals surface area contributed by atoms with Crippen LogP contribution in [0.15, 0.2) is 12.1 Å². The average molecular weight is 289 g/mol. The Hall–Kier alpha value is -2.05. The summed E-state index contributed by atoms with van der Waals surface area (Å²) in [6, 6.07) is 0.945. The van der Waals surface area contributed by atoms with E-state index in [1.165, 1.54) is 0 Å². The molecule has 0 heterocycles. The van der Waals surface area contributed by atoms with E-state index < -0.39 is 47.5 Å². The molecule has 20 heavy (non-hydrogen) atoms. The normalized spacial score (nSPS) is 12.1. The number of carbonyl (C=O) groups is 2. The van der Waals surface area contributed by atoms with Crippen LogP contribution in [-0.2, 0) is 4.79 Å². The molecule has 0 unspecified atom stereocenters. The molecule has 0 aliphatic heterocycles. The fraction of sp³-hybridized carbons (Fsp3) is 0.385. The van der Waals surface area contributed by atoms with Gasteiger partial charge in [0.1, 0.15) is 6.54 Å². The monoisotopic (exact) mass is 289 g/mol. The molecule has 0 aromatic heterocycles. The van der Waals surface area contributed by atoms with Crippen LogP contribution < -0.4 is 0 Å². The Labute approximate surface area is 113 Å². The fourth-order valence-corrected chi connectivity index (χ4v) is 1.64. The minimum atomic E-state index is -1.75. The van der Waals surface area contributed by atoms with E-state index in [0.29, 0.717) is 12.5 Å². The molecule has 0 fully saturated rings. The van der Waals surface area contributed by atoms with Gasteiger partial charge in [-0.1, -0.05) is 6.92 Å². The predicted molar refractivity (Wildman–Crippen MR) is 64.7 cm³/mol. The maximum atomic E-state index is 13.6. The van der Waals surface area contributed by atoms with Crippen molar-refractivity contribution in [3.05, 3.63) is 35.1 Å². The van der Waals surface area contributed by atoms with Crippen LogP contribution in [0.3, 0.4) is 0 Å². The van der Waals surface area contributed by atoms with E-state index >= 15 is 0 Å². The maximum absolute atomic E-state index is 13.6. The summed E-state index contributed by atoms with van der Waals surface area (Å²) >= 11 is 0. The molecule has 0 spiro atoms. The Balaban J connectivity index is 3.19. The van der Waals surface area contributed by atoms with Gasteiger partial charge in [0.05, 0.1) is 5.56 Å². The van der Waals surface area contributed by atoms with Crippen molar-refractivity contribution in [3.8, 4) is 0 Å². The topological polar surface area (TPSA) is 57.6 Å². The van der Waals surface area contributed by atoms with E-state index in [2.05, 4.69) is 0 Å². The predicted octanol–water partition coefficient (Wildman–Crippen LogP) is 2.43. The summed E-state index contributed by atoms with van der Waals surface area (Å²) in [4.78, 5) is 23.7. The van der Waals surface area contributed by atoms with Gasteiger partial charge in [-0.05, 0) is 25.5 Å². The molecule has 1 atom stereocenters. The van der Waals surface area contributed by atoms with Gasteiger partial charge in [0, 0.05) is 6.04 Å². The highest BCUT2D eigenvalue weighted by Gasteiger charge is 2.27. The number of aliphatic carboxylic acids is 1. The first-order valence-corrected chi connectivity index (χ1v) is 5.95. The largest absolute Gasteiger partial charge is 0.480 e. The number of benzene rings is 1. The van der Waals surface area contributed by atoms with E-state index in [4.69, 9.17) is 5.11 Å². The molecule has 110 valence electrons. The van der Waals surface area contributed by atoms with Crippen molar-refractivity contribution >= 4 is 11.9 Å². The number of nitrogens with zero attached hydrogens (tertiary/aromatic N) is 1. The van der Waals surface area contributed by atoms with Gasteiger partial charge in [-0.25, -0.2) is 13.2 Å². The molecule has 1 amide bonds. The lowest BCUT2D eigenvalue weighted by atomic mass is 10.1. The van der Waals surface area contributed by atoms with Crippen molar-refractivity contribution in [3.63, 3.8) is 0 Å². The molecule has 1 aromatic carbocycles. The highest BCUT2D eigenvalue weighted by molar-refractivity contribution is 5.96. The number of carbonyl (C=O) groups excluding carboxylic acids is 1. The van der Waals surface area contributed by atoms with Crippen LogP contribution in [0.1, 0.15) is 30.6 Å². The molecule has 0 aliphatic rings. The first-order valence-electron chi connectivity index (χ1n) is 5.95. The number of hydrogen-bond acceptors (Lipinski definition) is 2. The molecule has 0 radical (unpaired) electrons. The second-order valence-corrected chi connectivity index (χ2v) is 4.31. The van der Waals surface area contributed by atoms with Crippen LogP contribution >= 0.6 is 0 Å². The molecule has 7 heteroatoms. The van der Waals surface area contributed by atoms with Gasteiger partial charge in [-0.15, -0.1) is 0 Å². The first kappa shape index (κ1) is 16.0. The van der Waals surface area contributed by atoms with Crippen LogP contribution in [0.25, 0.3) is 0 Å². The van der Waals surface area contributed by atoms with Crippen molar-refractivity contribution < 1.29 is 27.9 Å². The zero-order valence-electron chi connectivity index (χ0n) is 11.0. The fourth-order valence-electron chi connectivity index (χ4n) is 1.64. The maximum Gasteiger partial charge on any atom is 0.323 e. The number of hydrogen-bond donors (Lipinski definition) is 1. The SMILES string of the molecule is CC[C@@H](C)N(CC(=O)O)C(=O)c1ccc(F)c(F)c1F. The van der Waals surface area contributed by atoms with Crippen molar-refractivity contribution in [2.45, 2.75) is 26.3 Å². The van der Waals surface area contributed by atoms with Gasteiger partial charge in [-0.2, -0.15) is 0 Å². The summed E-state index contributed by atoms with van der Waals surface area (Å²) in [7, 11) is 0. The van der Waals surface area contributed by atoms with E-state index in [1.54, 1.807) is 13.8 Å². The molecule has 4 nitrogen and oxygen atoms in total. The second kappa shape index (κ2) is 6.40. The third-order valence-electron chi connectivity index (χ3n) is 2.95. The lowest BCUT2D eigenvalue weighted by Crippen LogP contribution is -2.42. The summed E-state index contributed by atoms with van der Waals surface area (Å²) in [5.74, 6) is -7.05. The van der Waals surface area contributed by atoms with Crippen molar-refractivity contribution in [1.82, 2.24) is 4.90 Å². The minimum Gasteiger partial charge on any atom is -0.480 e. The van der Waals surface area contributed by atoms with Crippen molar-refractivity contribution in [1.29, 1.82) is 0 Å². The van der Waals surface area contributed by atoms with E-state index in [9.17, 15) is 22.8 Å². The number of amides is 1. The summed E-state index contributed by atoms with van der Waals surface area (Å²) in [5.41, 5.74) is -0.689. The van der Waals surface area contributed by atoms with Gasteiger partial charge in [0.25, 0.3) is 5.91 Å². The number of halogens is 3. The number of carboxylic acid groups (broad SMARTS) is 1. The summed E-state index contributed by atoms with van der Waals surface area (Å²) < 4.78 is 39.5. The Morgan fingerprint density at radius 2 is 1.85 bits per heavy atom. The molecular formula is C13H14F3NO3. The van der Waals surface area contributed by atoms with E-state index in [-0.39, 0.29) is 0 Å². The Bertz CT molecular complexity index is 534. The zero-order valence-corrected chi connectivity index (χ0v) is 11.0. The molecule has 0 bridgehead atoms. The quantitative estimate of drug-likeness (QED) is 0.847. The van der Waals surface area contributed by atoms with Crippen LogP contribution in [0.4, 0.5) is 13.2 Å². The zero-order chi connectivity index (χ0) is 15.4. The molecular weight excluding hydrogens is 275 g/mol. The summed E-state index contributed by atoms with van der Waals surface area (Å²) in [5, 5.41) is 8.77. The molecule has 0 saturated carbocycles. The summed E-state index contributed by atoms with van der Waals surface area (Å²) in [6.07, 6.45) is 0.435. The highest BCUT2D eigenvalue weighted by atomic mass is 19.2. The molecule has 0 saturated heterocycles. The number of rotatable bonds is 5. The van der Waals surface area contributed by atoms with Crippen LogP contribution in [0.2, 0.25) is 0 Å². The molecule has 0 aliphatic carbocycles. The Morgan fingerprint density at radius 1 is 1.25 bits per heavy atom. The Kier molecular flexibility index (Phi) is 5.12. The van der Waals surface area contributed by atoms with E-state index in [0.717, 1.165) is 11.0 Å². The molecule has 1 aromatic rings. The van der Waals surface area contributed by atoms with Gasteiger partial charge in [0.2, 0.25) is 0 Å². The second-order valence-electron chi connectivity index (χ2n) is 4.31. The Morgan fingerprint density at radius 3 is 2.35 bits per heavy atom. The number of carboxylic acids is 1. The smallest absolute Gasteiger partial charge is 0.323 e. The summed E-state index contributed by atoms with van der Waals surface area (Å²) in [6.45, 7) is 2.65. The van der Waals surface area contributed by atoms with Gasteiger partial charge >= 0.3 is 5.97 Å². The van der Waals surface area contributed by atoms with Crippen molar-refractivity contribution in [2.75, 3.05) is 6.54 Å². The molecule has 1 N–H and O–H groups in total. The standard InChI is InChI=1S/C13H14F3NO3/c1-3-7(2)17(6-10(18)19)13(20)8-4-5-9(14)12(16)11(8)15/h4-5,7H,3,6H2,1-2H3,(H,18,19)/t7-/m1/s1. The van der Waals surface area contributed by atoms with E-state index in [1.807, 2.05) is 0 Å². The molecule has 1 rings (SSSR count). The van der Waals surface area contributed by atoms with Crippen LogP contribution in [-0.4, -0.2) is 34.5 Å². The third kappa shape index (κ3) is 3.28. The lowest BCUT2D eigenvalue weighted by molar-refractivity contribution is -0.138. The van der Waals surface area contributed by atoms with Gasteiger partial charge in [-0.3, -0.25) is 9.59 Å². The average Bonchev–Trinajstić information content (AvgIpc) is 2.40. The minimum absolute atomic E-state index is 0.435. The van der Waals surface area contributed by atoms with Crippen LogP contribution in [0.5, 0.6) is 0 Å². The third-order valence-corrected chi connectivity index (χ3v) is 2.95. The lowest BCUT2D eigenvalue weighted by Gasteiger charge is -2.27. The highest BCUT2D eigenvalue weighted by Crippen LogP contribution is 2.18. The van der Waals surface area contributed by atoms with Gasteiger partial charge in [0.15, 0.2) is 17.5 Å². The van der Waals surface area contributed by atoms with Gasteiger partial charge < -0.3 is 10.0 Å².